The Kier molecular flexibility index (Phi) is 8.76. The van der Waals surface area contributed by atoms with Crippen LogP contribution in [-0.2, 0) is 0 Å². The first-order valence-corrected chi connectivity index (χ1v) is 12.5. The van der Waals surface area contributed by atoms with Gasteiger partial charge in [0, 0.05) is 16.2 Å². The Morgan fingerprint density at radius 2 is 1.36 bits per heavy atom. The minimum atomic E-state index is -0.417. The topological polar surface area (TPSA) is 9.23 Å². The van der Waals surface area contributed by atoms with Crippen LogP contribution in [0.15, 0.2) is 29.2 Å². The molecular weight excluding hydrogens is 326 g/mol. The van der Waals surface area contributed by atoms with Gasteiger partial charge in [0.25, 0.3) is 0 Å². The standard InChI is InChI=1S/C18H32OP2S/c1-13(2)20(14(3)4)19-17-10-9-11-18(12-17)22-21(15(5)6)16(7)8/h9-16H,1-8H3. The molecule has 0 aliphatic rings. The lowest BCUT2D eigenvalue weighted by Gasteiger charge is -2.27. The van der Waals surface area contributed by atoms with Crippen LogP contribution in [0.5, 0.6) is 5.75 Å². The molecule has 0 aliphatic carbocycles. The van der Waals surface area contributed by atoms with Gasteiger partial charge in [-0.1, -0.05) is 72.8 Å². The van der Waals surface area contributed by atoms with E-state index in [-0.39, 0.29) is 7.12 Å². The summed E-state index contributed by atoms with van der Waals surface area (Å²) in [6.07, 6.45) is 0. The van der Waals surface area contributed by atoms with Gasteiger partial charge in [0.15, 0.2) is 0 Å². The molecule has 126 valence electrons. The fraction of sp³-hybridized carbons (Fsp3) is 0.667. The van der Waals surface area contributed by atoms with Gasteiger partial charge in [-0.05, 0) is 36.6 Å². The smallest absolute Gasteiger partial charge is 0.124 e. The van der Waals surface area contributed by atoms with Crippen LogP contribution in [0.25, 0.3) is 0 Å². The lowest BCUT2D eigenvalue weighted by molar-refractivity contribution is 0.591. The molecule has 0 fully saturated rings. The van der Waals surface area contributed by atoms with Crippen LogP contribution in [-0.4, -0.2) is 22.6 Å². The highest BCUT2D eigenvalue weighted by atomic mass is 32.7. The summed E-state index contributed by atoms with van der Waals surface area (Å²) in [6, 6.07) is 8.71. The second kappa shape index (κ2) is 9.51. The van der Waals surface area contributed by atoms with E-state index in [4.69, 9.17) is 4.52 Å². The van der Waals surface area contributed by atoms with E-state index >= 15 is 0 Å². The fourth-order valence-electron chi connectivity index (χ4n) is 2.45. The average Bonchev–Trinajstić information content (AvgIpc) is 2.41. The van der Waals surface area contributed by atoms with Crippen molar-refractivity contribution in [1.82, 2.24) is 0 Å². The van der Waals surface area contributed by atoms with Gasteiger partial charge in [-0.3, -0.25) is 0 Å². The van der Waals surface area contributed by atoms with Gasteiger partial charge in [0.05, 0.1) is 8.15 Å². The molecule has 0 heterocycles. The minimum absolute atomic E-state index is 0.0462. The zero-order chi connectivity index (χ0) is 16.9. The molecule has 0 radical (unpaired) electrons. The summed E-state index contributed by atoms with van der Waals surface area (Å²) < 4.78 is 6.34. The molecule has 0 aromatic heterocycles. The maximum absolute atomic E-state index is 6.34. The molecule has 0 N–H and O–H groups in total. The number of hydrogen-bond donors (Lipinski definition) is 0. The summed E-state index contributed by atoms with van der Waals surface area (Å²) in [5, 5.41) is 0. The highest BCUT2D eigenvalue weighted by molar-refractivity contribution is 8.56. The molecular formula is C18H32OP2S. The van der Waals surface area contributed by atoms with E-state index in [0.29, 0.717) is 11.3 Å². The lowest BCUT2D eigenvalue weighted by atomic mass is 10.3. The third-order valence-corrected chi connectivity index (χ3v) is 12.2. The van der Waals surface area contributed by atoms with Crippen LogP contribution in [0.1, 0.15) is 55.4 Å². The van der Waals surface area contributed by atoms with Crippen LogP contribution in [0.4, 0.5) is 0 Å². The number of rotatable bonds is 8. The largest absolute Gasteiger partial charge is 0.474 e. The zero-order valence-electron chi connectivity index (χ0n) is 15.3. The summed E-state index contributed by atoms with van der Waals surface area (Å²) in [5.41, 5.74) is 2.67. The molecule has 1 aromatic carbocycles. The van der Waals surface area contributed by atoms with E-state index in [1.54, 1.807) is 0 Å². The fourth-order valence-corrected chi connectivity index (χ4v) is 8.92. The van der Waals surface area contributed by atoms with Crippen LogP contribution in [0, 0.1) is 0 Å². The maximum atomic E-state index is 6.34. The molecule has 1 rings (SSSR count). The van der Waals surface area contributed by atoms with Crippen molar-refractivity contribution >= 4 is 26.7 Å². The Hall–Kier alpha value is 0.230. The Balaban J connectivity index is 2.85. The summed E-state index contributed by atoms with van der Waals surface area (Å²) in [4.78, 5) is 1.36. The van der Waals surface area contributed by atoms with E-state index in [0.717, 1.165) is 17.1 Å². The molecule has 1 aromatic rings. The Labute approximate surface area is 144 Å². The van der Waals surface area contributed by atoms with E-state index in [1.807, 2.05) is 0 Å². The second-order valence-corrected chi connectivity index (χ2v) is 15.0. The Morgan fingerprint density at radius 3 is 1.82 bits per heavy atom. The Morgan fingerprint density at radius 1 is 0.818 bits per heavy atom. The molecule has 4 heteroatoms. The van der Waals surface area contributed by atoms with Crippen molar-refractivity contribution in [1.29, 1.82) is 0 Å². The monoisotopic (exact) mass is 358 g/mol. The first kappa shape index (κ1) is 20.3. The quantitative estimate of drug-likeness (QED) is 0.443. The Bertz CT molecular complexity index is 393. The highest BCUT2D eigenvalue weighted by Gasteiger charge is 2.21. The van der Waals surface area contributed by atoms with E-state index in [2.05, 4.69) is 91.0 Å². The maximum Gasteiger partial charge on any atom is 0.124 e. The highest BCUT2D eigenvalue weighted by Crippen LogP contribution is 2.61. The van der Waals surface area contributed by atoms with Crippen molar-refractivity contribution in [3.05, 3.63) is 24.3 Å². The van der Waals surface area contributed by atoms with Crippen molar-refractivity contribution in [3.63, 3.8) is 0 Å². The molecule has 0 saturated carbocycles. The molecule has 1 nitrogen and oxygen atoms in total. The van der Waals surface area contributed by atoms with Gasteiger partial charge in [0.1, 0.15) is 5.75 Å². The van der Waals surface area contributed by atoms with Gasteiger partial charge in [-0.15, -0.1) is 0 Å². The van der Waals surface area contributed by atoms with Crippen molar-refractivity contribution < 1.29 is 4.52 Å². The molecule has 0 aliphatic heterocycles. The van der Waals surface area contributed by atoms with E-state index in [9.17, 15) is 0 Å². The summed E-state index contributed by atoms with van der Waals surface area (Å²) in [7, 11) is -0.463. The first-order chi connectivity index (χ1) is 10.2. The summed E-state index contributed by atoms with van der Waals surface area (Å²) in [5.74, 6) is 1.04. The van der Waals surface area contributed by atoms with E-state index in [1.165, 1.54) is 4.90 Å². The SMILES string of the molecule is CC(C)P(Oc1cccc(SP(C(C)C)C(C)C)c1)C(C)C. The molecule has 0 bridgehead atoms. The van der Waals surface area contributed by atoms with Gasteiger partial charge in [-0.2, -0.15) is 0 Å². The summed E-state index contributed by atoms with van der Waals surface area (Å²) >= 11 is 2.05. The van der Waals surface area contributed by atoms with Gasteiger partial charge in [-0.25, -0.2) is 0 Å². The van der Waals surface area contributed by atoms with Crippen LogP contribution >= 0.6 is 26.7 Å². The van der Waals surface area contributed by atoms with Gasteiger partial charge in [0.2, 0.25) is 0 Å². The molecule has 0 amide bonds. The van der Waals surface area contributed by atoms with Crippen LogP contribution in [0.2, 0.25) is 0 Å². The van der Waals surface area contributed by atoms with E-state index < -0.39 is 8.15 Å². The number of benzene rings is 1. The molecule has 22 heavy (non-hydrogen) atoms. The van der Waals surface area contributed by atoms with Crippen molar-refractivity contribution in [2.24, 2.45) is 0 Å². The third-order valence-electron chi connectivity index (χ3n) is 3.26. The first-order valence-electron chi connectivity index (χ1n) is 8.25. The summed E-state index contributed by atoms with van der Waals surface area (Å²) in [6.45, 7) is 18.4. The van der Waals surface area contributed by atoms with Gasteiger partial charge >= 0.3 is 0 Å². The minimum Gasteiger partial charge on any atom is -0.474 e. The van der Waals surface area contributed by atoms with Gasteiger partial charge < -0.3 is 4.52 Å². The molecule has 0 unspecified atom stereocenters. The third kappa shape index (κ3) is 6.38. The van der Waals surface area contributed by atoms with Crippen LogP contribution < -0.4 is 4.52 Å². The molecule has 0 atom stereocenters. The lowest BCUT2D eigenvalue weighted by Crippen LogP contribution is -2.08. The van der Waals surface area contributed by atoms with Crippen molar-refractivity contribution in [2.75, 3.05) is 0 Å². The van der Waals surface area contributed by atoms with Crippen LogP contribution in [0.3, 0.4) is 0 Å². The molecule has 0 saturated heterocycles. The predicted molar refractivity (Wildman–Crippen MR) is 107 cm³/mol. The predicted octanol–water partition coefficient (Wildman–Crippen LogP) is 7.58. The average molecular weight is 358 g/mol. The zero-order valence-corrected chi connectivity index (χ0v) is 17.9. The van der Waals surface area contributed by atoms with Crippen molar-refractivity contribution in [2.45, 2.75) is 82.9 Å². The normalized spacial score (nSPS) is 12.5. The van der Waals surface area contributed by atoms with Crippen molar-refractivity contribution in [3.8, 4) is 5.75 Å². The number of hydrogen-bond acceptors (Lipinski definition) is 2. The molecule has 0 spiro atoms. The second-order valence-electron chi connectivity index (χ2n) is 6.75.